The molecule has 0 amide bonds. The lowest BCUT2D eigenvalue weighted by atomic mass is 10.1. The number of benzene rings is 2. The molecule has 1 heterocycles. The predicted octanol–water partition coefficient (Wildman–Crippen LogP) is 3.68. The van der Waals surface area contributed by atoms with Gasteiger partial charge in [-0.25, -0.2) is 0 Å². The molecule has 102 valence electrons. The summed E-state index contributed by atoms with van der Waals surface area (Å²) in [5.41, 5.74) is 11.5. The van der Waals surface area contributed by atoms with E-state index < -0.39 is 0 Å². The Kier molecular flexibility index (Phi) is 3.11. The third-order valence-electron chi connectivity index (χ3n) is 3.66. The summed E-state index contributed by atoms with van der Waals surface area (Å²) in [4.78, 5) is 0. The zero-order chi connectivity index (χ0) is 14.1. The van der Waals surface area contributed by atoms with Crippen molar-refractivity contribution in [3.63, 3.8) is 0 Å². The number of aromatic nitrogens is 1. The molecule has 0 bridgehead atoms. The number of nitrogen functional groups attached to an aromatic ring is 1. The van der Waals surface area contributed by atoms with Crippen LogP contribution >= 0.6 is 0 Å². The Balaban J connectivity index is 1.87. The number of rotatable bonds is 3. The smallest absolute Gasteiger partial charge is 0.0576 e. The van der Waals surface area contributed by atoms with E-state index in [-0.39, 0.29) is 0 Å². The van der Waals surface area contributed by atoms with Crippen molar-refractivity contribution in [3.8, 4) is 0 Å². The maximum atomic E-state index is 6.04. The van der Waals surface area contributed by atoms with E-state index in [0.29, 0.717) is 0 Å². The molecule has 0 fully saturated rings. The highest BCUT2D eigenvalue weighted by molar-refractivity contribution is 5.84. The summed E-state index contributed by atoms with van der Waals surface area (Å²) in [5.74, 6) is 0. The van der Waals surface area contributed by atoms with Crippen LogP contribution in [-0.2, 0) is 13.6 Å². The van der Waals surface area contributed by atoms with Crippen LogP contribution in [0.3, 0.4) is 0 Å². The summed E-state index contributed by atoms with van der Waals surface area (Å²) in [6.45, 7) is 2.82. The van der Waals surface area contributed by atoms with Crippen LogP contribution in [0.1, 0.15) is 11.1 Å². The Hall–Kier alpha value is -2.42. The van der Waals surface area contributed by atoms with Crippen molar-refractivity contribution in [1.82, 2.24) is 4.57 Å². The molecule has 3 rings (SSSR count). The molecule has 20 heavy (non-hydrogen) atoms. The number of nitrogens with zero attached hydrogens (tertiary/aromatic N) is 1. The van der Waals surface area contributed by atoms with Gasteiger partial charge < -0.3 is 15.6 Å². The van der Waals surface area contributed by atoms with Gasteiger partial charge in [0.05, 0.1) is 11.4 Å². The molecule has 3 nitrogen and oxygen atoms in total. The molecule has 2 aromatic carbocycles. The van der Waals surface area contributed by atoms with E-state index in [0.717, 1.165) is 17.9 Å². The fraction of sp³-hybridized carbons (Fsp3) is 0.176. The van der Waals surface area contributed by atoms with Crippen LogP contribution < -0.4 is 11.1 Å². The Morgan fingerprint density at radius 1 is 1.15 bits per heavy atom. The molecular formula is C17H19N3. The third kappa shape index (κ3) is 2.23. The van der Waals surface area contributed by atoms with Gasteiger partial charge in [0.1, 0.15) is 0 Å². The quantitative estimate of drug-likeness (QED) is 0.709. The first-order valence-electron chi connectivity index (χ1n) is 6.78. The minimum Gasteiger partial charge on any atom is -0.397 e. The van der Waals surface area contributed by atoms with Gasteiger partial charge >= 0.3 is 0 Å². The second-order valence-electron chi connectivity index (χ2n) is 5.23. The van der Waals surface area contributed by atoms with Gasteiger partial charge in [0.25, 0.3) is 0 Å². The maximum absolute atomic E-state index is 6.04. The molecule has 0 unspecified atom stereocenters. The van der Waals surface area contributed by atoms with Gasteiger partial charge in [0, 0.05) is 30.7 Å². The van der Waals surface area contributed by atoms with Crippen LogP contribution in [-0.4, -0.2) is 4.57 Å². The van der Waals surface area contributed by atoms with Crippen molar-refractivity contribution in [2.45, 2.75) is 13.5 Å². The highest BCUT2D eigenvalue weighted by Gasteiger charge is 2.06. The number of anilines is 2. The normalized spacial score (nSPS) is 10.9. The monoisotopic (exact) mass is 265 g/mol. The van der Waals surface area contributed by atoms with Crippen molar-refractivity contribution >= 4 is 22.3 Å². The van der Waals surface area contributed by atoms with E-state index in [4.69, 9.17) is 5.73 Å². The zero-order valence-corrected chi connectivity index (χ0v) is 11.9. The molecule has 3 N–H and O–H groups in total. The minimum absolute atomic E-state index is 0.772. The molecule has 0 saturated carbocycles. The van der Waals surface area contributed by atoms with Crippen LogP contribution in [0.5, 0.6) is 0 Å². The van der Waals surface area contributed by atoms with Crippen molar-refractivity contribution in [1.29, 1.82) is 0 Å². The second-order valence-corrected chi connectivity index (χ2v) is 5.23. The summed E-state index contributed by atoms with van der Waals surface area (Å²) in [6, 6.07) is 14.5. The summed E-state index contributed by atoms with van der Waals surface area (Å²) >= 11 is 0. The van der Waals surface area contributed by atoms with Crippen molar-refractivity contribution < 1.29 is 0 Å². The first-order chi connectivity index (χ1) is 9.65. The number of hydrogen-bond donors (Lipinski definition) is 2. The molecule has 0 atom stereocenters. The molecule has 0 aliphatic heterocycles. The van der Waals surface area contributed by atoms with E-state index in [9.17, 15) is 0 Å². The number of fused-ring (bicyclic) bond motifs is 1. The number of para-hydroxylation sites is 1. The standard InChI is InChI=1S/C17H19N3/c1-12-7-8-16(15(18)9-12)19-10-13-11-20(2)17-6-4-3-5-14(13)17/h3-9,11,19H,10,18H2,1-2H3. The number of hydrogen-bond acceptors (Lipinski definition) is 2. The van der Waals surface area contributed by atoms with Crippen LogP contribution in [0, 0.1) is 6.92 Å². The lowest BCUT2D eigenvalue weighted by Crippen LogP contribution is -2.02. The zero-order valence-electron chi connectivity index (χ0n) is 11.9. The van der Waals surface area contributed by atoms with Gasteiger partial charge in [-0.3, -0.25) is 0 Å². The first kappa shape index (κ1) is 12.6. The molecule has 3 aromatic rings. The summed E-state index contributed by atoms with van der Waals surface area (Å²) < 4.78 is 2.16. The fourth-order valence-electron chi connectivity index (χ4n) is 2.60. The van der Waals surface area contributed by atoms with Crippen LogP contribution in [0.2, 0.25) is 0 Å². The van der Waals surface area contributed by atoms with Gasteiger partial charge in [-0.2, -0.15) is 0 Å². The van der Waals surface area contributed by atoms with Crippen LogP contribution in [0.25, 0.3) is 10.9 Å². The van der Waals surface area contributed by atoms with E-state index in [1.54, 1.807) is 0 Å². The second kappa shape index (κ2) is 4.93. The van der Waals surface area contributed by atoms with Crippen LogP contribution in [0.15, 0.2) is 48.7 Å². The van der Waals surface area contributed by atoms with Gasteiger partial charge in [-0.1, -0.05) is 24.3 Å². The summed E-state index contributed by atoms with van der Waals surface area (Å²) in [7, 11) is 2.08. The highest BCUT2D eigenvalue weighted by Crippen LogP contribution is 2.24. The molecule has 0 saturated heterocycles. The molecular weight excluding hydrogens is 246 g/mol. The van der Waals surface area contributed by atoms with E-state index in [1.807, 2.05) is 19.1 Å². The van der Waals surface area contributed by atoms with E-state index >= 15 is 0 Å². The number of nitrogens with one attached hydrogen (secondary N) is 1. The van der Waals surface area contributed by atoms with Gasteiger partial charge in [-0.15, -0.1) is 0 Å². The van der Waals surface area contributed by atoms with Crippen molar-refractivity contribution in [2.24, 2.45) is 7.05 Å². The lowest BCUT2D eigenvalue weighted by Gasteiger charge is -2.09. The van der Waals surface area contributed by atoms with E-state index in [2.05, 4.69) is 53.5 Å². The number of aryl methyl sites for hydroxylation is 2. The Morgan fingerprint density at radius 2 is 1.95 bits per heavy atom. The first-order valence-corrected chi connectivity index (χ1v) is 6.78. The van der Waals surface area contributed by atoms with Gasteiger partial charge in [-0.05, 0) is 36.2 Å². The summed E-state index contributed by atoms with van der Waals surface area (Å²) in [6.07, 6.45) is 2.17. The average Bonchev–Trinajstić information content (AvgIpc) is 2.75. The highest BCUT2D eigenvalue weighted by atomic mass is 14.9. The average molecular weight is 265 g/mol. The minimum atomic E-state index is 0.772. The van der Waals surface area contributed by atoms with Crippen LogP contribution in [0.4, 0.5) is 11.4 Å². The Labute approximate surface area is 119 Å². The largest absolute Gasteiger partial charge is 0.397 e. The molecule has 0 radical (unpaired) electrons. The van der Waals surface area contributed by atoms with Gasteiger partial charge in [0.2, 0.25) is 0 Å². The lowest BCUT2D eigenvalue weighted by molar-refractivity contribution is 0.956. The Morgan fingerprint density at radius 3 is 2.75 bits per heavy atom. The Bertz CT molecular complexity index is 756. The summed E-state index contributed by atoms with van der Waals surface area (Å²) in [5, 5.41) is 4.71. The molecule has 3 heteroatoms. The third-order valence-corrected chi connectivity index (χ3v) is 3.66. The van der Waals surface area contributed by atoms with Crippen molar-refractivity contribution in [2.75, 3.05) is 11.1 Å². The SMILES string of the molecule is Cc1ccc(NCc2cn(C)c3ccccc23)c(N)c1. The fourth-order valence-corrected chi connectivity index (χ4v) is 2.60. The molecule has 1 aromatic heterocycles. The maximum Gasteiger partial charge on any atom is 0.0576 e. The van der Waals surface area contributed by atoms with Gasteiger partial charge in [0.15, 0.2) is 0 Å². The molecule has 0 spiro atoms. The van der Waals surface area contributed by atoms with Crippen molar-refractivity contribution in [3.05, 3.63) is 59.8 Å². The number of nitrogens with two attached hydrogens (primary N) is 1. The topological polar surface area (TPSA) is 43.0 Å². The molecule has 0 aliphatic carbocycles. The molecule has 0 aliphatic rings. The van der Waals surface area contributed by atoms with E-state index in [1.165, 1.54) is 22.0 Å². The predicted molar refractivity (Wildman–Crippen MR) is 85.8 cm³/mol.